The van der Waals surface area contributed by atoms with E-state index in [9.17, 15) is 12.8 Å². The summed E-state index contributed by atoms with van der Waals surface area (Å²) in [5.74, 6) is -0.957. The van der Waals surface area contributed by atoms with Gasteiger partial charge in [0, 0.05) is 15.2 Å². The smallest absolute Gasteiger partial charge is 0.207 e. The maximum Gasteiger partial charge on any atom is 0.261 e. The van der Waals surface area contributed by atoms with E-state index >= 15 is 0 Å². The van der Waals surface area contributed by atoms with E-state index in [0.717, 1.165) is 6.07 Å². The van der Waals surface area contributed by atoms with Crippen LogP contribution in [0, 0.1) is 5.82 Å². The lowest BCUT2D eigenvalue weighted by Gasteiger charge is -2.23. The fourth-order valence-corrected chi connectivity index (χ4v) is 2.81. The zero-order valence-electron chi connectivity index (χ0n) is 7.75. The second kappa shape index (κ2) is 4.39. The molecule has 0 heterocycles. The molecule has 0 aliphatic rings. The normalized spacial score (nSPS) is 12.7. The molecule has 0 atom stereocenters. The molecular weight excluding hydrogens is 315 g/mol. The van der Waals surface area contributed by atoms with E-state index in [0.29, 0.717) is 6.07 Å². The van der Waals surface area contributed by atoms with Crippen LogP contribution >= 0.6 is 26.6 Å². The Bertz CT molecular complexity index is 506. The van der Waals surface area contributed by atoms with Gasteiger partial charge in [0.2, 0.25) is 0 Å². The molecular formula is C7H2B3BrClFO2S. The molecule has 0 unspecified atom stereocenters. The summed E-state index contributed by atoms with van der Waals surface area (Å²) in [7, 11) is 17.0. The van der Waals surface area contributed by atoms with Crippen LogP contribution < -0.4 is 0 Å². The van der Waals surface area contributed by atoms with Crippen molar-refractivity contribution in [3.05, 3.63) is 28.0 Å². The van der Waals surface area contributed by atoms with Gasteiger partial charge in [-0.05, 0) is 17.7 Å². The van der Waals surface area contributed by atoms with Crippen molar-refractivity contribution in [3.8, 4) is 0 Å². The molecule has 0 amide bonds. The SMILES string of the molecule is [B]C([B])([B])c1c(F)cc(S(=O)(=O)Cl)cc1Br. The van der Waals surface area contributed by atoms with E-state index < -0.39 is 24.9 Å². The zero-order chi connectivity index (χ0) is 12.7. The quantitative estimate of drug-likeness (QED) is 0.605. The maximum absolute atomic E-state index is 13.5. The first-order chi connectivity index (χ1) is 7.03. The average Bonchev–Trinajstić information content (AvgIpc) is 1.97. The predicted molar refractivity (Wildman–Crippen MR) is 66.1 cm³/mol. The highest BCUT2D eigenvalue weighted by Crippen LogP contribution is 2.30. The van der Waals surface area contributed by atoms with Crippen LogP contribution in [0.15, 0.2) is 21.5 Å². The summed E-state index contributed by atoms with van der Waals surface area (Å²) in [6, 6.07) is 1.77. The molecule has 0 aliphatic heterocycles. The van der Waals surface area contributed by atoms with Gasteiger partial charge in [-0.3, -0.25) is 0 Å². The van der Waals surface area contributed by atoms with Crippen molar-refractivity contribution < 1.29 is 12.8 Å². The van der Waals surface area contributed by atoms with Crippen molar-refractivity contribution in [2.24, 2.45) is 0 Å². The van der Waals surface area contributed by atoms with E-state index in [1.807, 2.05) is 0 Å². The Labute approximate surface area is 110 Å². The molecule has 0 aromatic heterocycles. The van der Waals surface area contributed by atoms with Gasteiger partial charge in [0.15, 0.2) is 0 Å². The Morgan fingerprint density at radius 3 is 2.12 bits per heavy atom. The molecule has 78 valence electrons. The molecule has 0 saturated carbocycles. The number of hydrogen-bond donors (Lipinski definition) is 0. The Balaban J connectivity index is 3.53. The third-order valence-electron chi connectivity index (χ3n) is 1.73. The Hall–Kier alpha value is 0.0648. The first-order valence-electron chi connectivity index (χ1n) is 3.84. The molecule has 1 rings (SSSR count). The van der Waals surface area contributed by atoms with Crippen molar-refractivity contribution in [1.82, 2.24) is 0 Å². The molecule has 0 N–H and O–H groups in total. The molecule has 0 fully saturated rings. The van der Waals surface area contributed by atoms with Crippen molar-refractivity contribution in [2.75, 3.05) is 0 Å². The van der Waals surface area contributed by atoms with Crippen molar-refractivity contribution in [1.29, 1.82) is 0 Å². The largest absolute Gasteiger partial charge is 0.261 e. The molecule has 1 aromatic carbocycles. The van der Waals surface area contributed by atoms with Crippen LogP contribution in [-0.2, 0) is 14.2 Å². The molecule has 0 aliphatic carbocycles. The van der Waals surface area contributed by atoms with E-state index in [4.69, 9.17) is 34.2 Å². The van der Waals surface area contributed by atoms with Crippen LogP contribution in [0.3, 0.4) is 0 Å². The fourth-order valence-electron chi connectivity index (χ4n) is 1.10. The summed E-state index contributed by atoms with van der Waals surface area (Å²) < 4.78 is 35.5. The Morgan fingerprint density at radius 2 is 1.81 bits per heavy atom. The van der Waals surface area contributed by atoms with Gasteiger partial charge in [0.05, 0.1) is 28.4 Å². The number of halogens is 3. The number of hydrogen-bond acceptors (Lipinski definition) is 2. The lowest BCUT2D eigenvalue weighted by atomic mass is 9.40. The summed E-state index contributed by atoms with van der Waals surface area (Å²) in [5.41, 5.74) is -0.239. The highest BCUT2D eigenvalue weighted by atomic mass is 79.9. The van der Waals surface area contributed by atoms with Gasteiger partial charge in [-0.2, -0.15) is 0 Å². The van der Waals surface area contributed by atoms with Gasteiger partial charge >= 0.3 is 0 Å². The summed E-state index contributed by atoms with van der Waals surface area (Å²) in [6.07, 6.45) is 0. The van der Waals surface area contributed by atoms with Gasteiger partial charge in [-0.25, -0.2) is 12.8 Å². The number of rotatable bonds is 2. The maximum atomic E-state index is 13.5. The summed E-state index contributed by atoms with van der Waals surface area (Å²) in [5, 5.41) is -1.92. The van der Waals surface area contributed by atoms with Crippen molar-refractivity contribution in [3.63, 3.8) is 0 Å². The van der Waals surface area contributed by atoms with Gasteiger partial charge in [-0.15, -0.1) is 5.11 Å². The lowest BCUT2D eigenvalue weighted by molar-refractivity contribution is 0.595. The fraction of sp³-hybridized carbons (Fsp3) is 0.143. The molecule has 9 heteroatoms. The second-order valence-corrected chi connectivity index (χ2v) is 6.55. The minimum absolute atomic E-state index is 0.0271. The van der Waals surface area contributed by atoms with E-state index in [1.54, 1.807) is 0 Å². The van der Waals surface area contributed by atoms with E-state index in [-0.39, 0.29) is 10.0 Å². The highest BCUT2D eigenvalue weighted by molar-refractivity contribution is 9.10. The van der Waals surface area contributed by atoms with Crippen LogP contribution in [0.2, 0.25) is 0 Å². The van der Waals surface area contributed by atoms with Crippen molar-refractivity contribution >= 4 is 59.2 Å². The molecule has 6 radical (unpaired) electrons. The van der Waals surface area contributed by atoms with Crippen LogP contribution in [0.5, 0.6) is 0 Å². The van der Waals surface area contributed by atoms with Gasteiger partial charge in [0.25, 0.3) is 9.05 Å². The molecule has 0 spiro atoms. The molecule has 16 heavy (non-hydrogen) atoms. The van der Waals surface area contributed by atoms with Crippen LogP contribution in [0.1, 0.15) is 5.56 Å². The van der Waals surface area contributed by atoms with Gasteiger partial charge in [-0.1, -0.05) is 15.9 Å². The third-order valence-corrected chi connectivity index (χ3v) is 3.69. The highest BCUT2D eigenvalue weighted by Gasteiger charge is 2.23. The first kappa shape index (κ1) is 14.1. The van der Waals surface area contributed by atoms with Crippen LogP contribution in [-0.4, -0.2) is 32.0 Å². The minimum Gasteiger partial charge on any atom is -0.207 e. The number of benzene rings is 1. The second-order valence-electron chi connectivity index (χ2n) is 3.13. The summed E-state index contributed by atoms with van der Waals surface area (Å²) in [6.45, 7) is 0. The van der Waals surface area contributed by atoms with Gasteiger partial charge < -0.3 is 0 Å². The van der Waals surface area contributed by atoms with Crippen LogP contribution in [0.4, 0.5) is 4.39 Å². The minimum atomic E-state index is -4.03. The standard InChI is InChI=1S/C7H2B3BrClFO2S/c8-7(9,10)6-4(11)1-3(2-5(6)13)16(12,14)15/h1-2H. The summed E-state index contributed by atoms with van der Waals surface area (Å²) >= 11 is 2.92. The lowest BCUT2D eigenvalue weighted by Crippen LogP contribution is -2.29. The van der Waals surface area contributed by atoms with Crippen molar-refractivity contribution in [2.45, 2.75) is 10.0 Å². The monoisotopic (exact) mass is 316 g/mol. The van der Waals surface area contributed by atoms with E-state index in [2.05, 4.69) is 15.9 Å². The van der Waals surface area contributed by atoms with E-state index in [1.165, 1.54) is 0 Å². The molecule has 0 saturated heterocycles. The Morgan fingerprint density at radius 1 is 1.31 bits per heavy atom. The van der Waals surface area contributed by atoms with Crippen LogP contribution in [0.25, 0.3) is 0 Å². The summed E-state index contributed by atoms with van der Waals surface area (Å²) in [4.78, 5) is -0.411. The third kappa shape index (κ3) is 3.05. The van der Waals surface area contributed by atoms with Gasteiger partial charge in [0.1, 0.15) is 5.82 Å². The first-order valence-corrected chi connectivity index (χ1v) is 6.94. The molecule has 2 nitrogen and oxygen atoms in total. The molecule has 0 bridgehead atoms. The Kier molecular flexibility index (Phi) is 3.87. The average molecular weight is 317 g/mol. The zero-order valence-corrected chi connectivity index (χ0v) is 10.9. The predicted octanol–water partition coefficient (Wildman–Crippen LogP) is 1.13. The topological polar surface area (TPSA) is 34.1 Å². The molecule has 1 aromatic rings.